The molecular weight excluding hydrogens is 350 g/mol. The number of thioether (sulfide) groups is 1. The monoisotopic (exact) mass is 371 g/mol. The van der Waals surface area contributed by atoms with Crippen molar-refractivity contribution in [3.63, 3.8) is 0 Å². The highest BCUT2D eigenvalue weighted by atomic mass is 32.2. The molecule has 2 aromatic rings. The molecule has 2 rings (SSSR count). The van der Waals surface area contributed by atoms with Crippen LogP contribution in [-0.2, 0) is 24.0 Å². The first kappa shape index (κ1) is 20.6. The molecule has 0 fully saturated rings. The number of carboxylic acid groups (broad SMARTS) is 1. The minimum Gasteiger partial charge on any atom is -0.481 e. The summed E-state index contributed by atoms with van der Waals surface area (Å²) in [7, 11) is 5.13. The summed E-state index contributed by atoms with van der Waals surface area (Å²) in [5, 5.41) is 20.1. The van der Waals surface area contributed by atoms with Crippen LogP contribution in [0.3, 0.4) is 0 Å². The van der Waals surface area contributed by atoms with Crippen LogP contribution >= 0.6 is 11.8 Å². The summed E-state index contributed by atoms with van der Waals surface area (Å²) in [6.07, 6.45) is 0.674. The van der Waals surface area contributed by atoms with E-state index in [0.29, 0.717) is 24.5 Å². The molecule has 0 aromatic carbocycles. The number of nitrogens with zero attached hydrogens (tertiary/aromatic N) is 6. The lowest BCUT2D eigenvalue weighted by atomic mass is 10.4. The number of aliphatic carboxylic acids is 1. The van der Waals surface area contributed by atoms with Gasteiger partial charge in [0, 0.05) is 34.5 Å². The van der Waals surface area contributed by atoms with Gasteiger partial charge in [-0.15, -0.1) is 10.2 Å². The smallest absolute Gasteiger partial charge is 0.316 e. The van der Waals surface area contributed by atoms with Gasteiger partial charge in [0.2, 0.25) is 0 Å². The average molecular weight is 371 g/mol. The lowest BCUT2D eigenvalue weighted by Gasteiger charge is -2.04. The lowest BCUT2D eigenvalue weighted by molar-refractivity contribution is -0.134. The zero-order chi connectivity index (χ0) is 19.0. The van der Waals surface area contributed by atoms with Crippen molar-refractivity contribution >= 4 is 23.6 Å². The van der Waals surface area contributed by atoms with Crippen molar-refractivity contribution in [1.82, 2.24) is 29.8 Å². The highest BCUT2D eigenvalue weighted by Crippen LogP contribution is 2.19. The molecule has 0 spiro atoms. The van der Waals surface area contributed by atoms with Crippen LogP contribution in [0.1, 0.15) is 29.3 Å². The van der Waals surface area contributed by atoms with Crippen molar-refractivity contribution in [3.8, 4) is 0 Å². The van der Waals surface area contributed by atoms with Gasteiger partial charge in [0.05, 0.1) is 5.75 Å². The number of carboxylic acids is 1. The molecule has 11 nitrogen and oxygen atoms in total. The fraction of sp³-hybridized carbons (Fsp3) is 0.538. The Balaban J connectivity index is 0.000000705. The molecular formula is C13H21N7O4S. The SMILES string of the molecule is CC(=O)O.CN(C)C(=O)c1nc(CSc2nnc(CCN)n2C)no1. The van der Waals surface area contributed by atoms with Crippen molar-refractivity contribution in [3.05, 3.63) is 17.5 Å². The van der Waals surface area contributed by atoms with Crippen molar-refractivity contribution < 1.29 is 19.2 Å². The van der Waals surface area contributed by atoms with Gasteiger partial charge in [-0.2, -0.15) is 4.98 Å². The summed E-state index contributed by atoms with van der Waals surface area (Å²) in [5.74, 6) is 0.545. The quantitative estimate of drug-likeness (QED) is 0.652. The third-order valence-electron chi connectivity index (χ3n) is 2.68. The van der Waals surface area contributed by atoms with Gasteiger partial charge < -0.3 is 24.8 Å². The van der Waals surface area contributed by atoms with E-state index in [1.165, 1.54) is 16.7 Å². The first-order valence-electron chi connectivity index (χ1n) is 7.21. The van der Waals surface area contributed by atoms with Crippen LogP contribution < -0.4 is 5.73 Å². The van der Waals surface area contributed by atoms with Gasteiger partial charge in [-0.05, 0) is 6.54 Å². The first-order valence-corrected chi connectivity index (χ1v) is 8.19. The number of aromatic nitrogens is 5. The first-order chi connectivity index (χ1) is 11.8. The van der Waals surface area contributed by atoms with Gasteiger partial charge in [0.25, 0.3) is 5.97 Å². The molecule has 0 radical (unpaired) electrons. The van der Waals surface area contributed by atoms with E-state index in [4.69, 9.17) is 20.2 Å². The highest BCUT2D eigenvalue weighted by Gasteiger charge is 2.17. The molecule has 0 aliphatic rings. The molecule has 0 bridgehead atoms. The molecule has 2 heterocycles. The number of rotatable bonds is 6. The van der Waals surface area contributed by atoms with Crippen molar-refractivity contribution in [2.24, 2.45) is 12.8 Å². The molecule has 138 valence electrons. The van der Waals surface area contributed by atoms with Gasteiger partial charge in [-0.25, -0.2) is 0 Å². The topological polar surface area (TPSA) is 153 Å². The Morgan fingerprint density at radius 3 is 2.56 bits per heavy atom. The predicted octanol–water partition coefficient (Wildman–Crippen LogP) is -0.216. The van der Waals surface area contributed by atoms with E-state index in [0.717, 1.165) is 17.9 Å². The van der Waals surface area contributed by atoms with E-state index >= 15 is 0 Å². The Hall–Kier alpha value is -2.47. The summed E-state index contributed by atoms with van der Waals surface area (Å²) >= 11 is 1.42. The maximum atomic E-state index is 11.6. The minimum atomic E-state index is -0.833. The predicted molar refractivity (Wildman–Crippen MR) is 88.9 cm³/mol. The third-order valence-corrected chi connectivity index (χ3v) is 3.70. The second-order valence-corrected chi connectivity index (χ2v) is 5.96. The van der Waals surface area contributed by atoms with Crippen molar-refractivity contribution in [2.75, 3.05) is 20.6 Å². The number of hydrogen-bond acceptors (Lipinski definition) is 9. The summed E-state index contributed by atoms with van der Waals surface area (Å²) < 4.78 is 6.80. The van der Waals surface area contributed by atoms with Crippen LogP contribution in [0, 0.1) is 0 Å². The Labute approximate surface area is 148 Å². The van der Waals surface area contributed by atoms with E-state index in [2.05, 4.69) is 20.3 Å². The molecule has 2 aromatic heterocycles. The fourth-order valence-corrected chi connectivity index (χ4v) is 2.31. The summed E-state index contributed by atoms with van der Waals surface area (Å²) in [4.78, 5) is 26.1. The van der Waals surface area contributed by atoms with E-state index in [1.807, 2.05) is 11.6 Å². The van der Waals surface area contributed by atoms with Crippen LogP contribution in [0.4, 0.5) is 0 Å². The minimum absolute atomic E-state index is 0.0163. The molecule has 0 atom stereocenters. The second-order valence-electron chi connectivity index (χ2n) is 5.02. The van der Waals surface area contributed by atoms with E-state index in [9.17, 15) is 4.79 Å². The molecule has 0 unspecified atom stereocenters. The molecule has 0 aliphatic heterocycles. The highest BCUT2D eigenvalue weighted by molar-refractivity contribution is 7.98. The second kappa shape index (κ2) is 9.74. The summed E-state index contributed by atoms with van der Waals surface area (Å²) in [5.41, 5.74) is 5.50. The van der Waals surface area contributed by atoms with Crippen LogP contribution in [0.25, 0.3) is 0 Å². The number of carbonyl (C=O) groups excluding carboxylic acids is 1. The molecule has 0 saturated heterocycles. The number of hydrogen-bond donors (Lipinski definition) is 2. The largest absolute Gasteiger partial charge is 0.481 e. The third kappa shape index (κ3) is 6.51. The van der Waals surface area contributed by atoms with Crippen molar-refractivity contribution in [2.45, 2.75) is 24.3 Å². The fourth-order valence-electron chi connectivity index (χ4n) is 1.54. The molecule has 1 amide bonds. The zero-order valence-corrected chi connectivity index (χ0v) is 15.3. The number of carbonyl (C=O) groups is 2. The molecule has 0 aliphatic carbocycles. The lowest BCUT2D eigenvalue weighted by Crippen LogP contribution is -2.21. The average Bonchev–Trinajstić information content (AvgIpc) is 3.12. The Bertz CT molecular complexity index is 709. The van der Waals surface area contributed by atoms with E-state index in [1.54, 1.807) is 14.1 Å². The maximum absolute atomic E-state index is 11.6. The van der Waals surface area contributed by atoms with Gasteiger partial charge in [0.15, 0.2) is 11.0 Å². The maximum Gasteiger partial charge on any atom is 0.316 e. The van der Waals surface area contributed by atoms with Crippen LogP contribution in [0.15, 0.2) is 9.68 Å². The molecule has 0 saturated carbocycles. The normalized spacial score (nSPS) is 10.1. The number of amides is 1. The Morgan fingerprint density at radius 2 is 2.00 bits per heavy atom. The van der Waals surface area contributed by atoms with Crippen molar-refractivity contribution in [1.29, 1.82) is 0 Å². The van der Waals surface area contributed by atoms with Crippen LogP contribution in [0.5, 0.6) is 0 Å². The van der Waals surface area contributed by atoms with Gasteiger partial charge in [0.1, 0.15) is 5.82 Å². The standard InChI is InChI=1S/C11H17N7O2S.C2H4O2/c1-17(2)10(19)9-13-7(16-20-9)6-21-11-15-14-8(4-5-12)18(11)3;1-2(3)4/h4-6,12H2,1-3H3;1H3,(H,3,4). The van der Waals surface area contributed by atoms with Crippen LogP contribution in [-0.4, -0.2) is 67.4 Å². The van der Waals surface area contributed by atoms with E-state index < -0.39 is 5.97 Å². The van der Waals surface area contributed by atoms with Crippen LogP contribution in [0.2, 0.25) is 0 Å². The molecule has 25 heavy (non-hydrogen) atoms. The summed E-state index contributed by atoms with van der Waals surface area (Å²) in [6.45, 7) is 1.61. The molecule has 12 heteroatoms. The summed E-state index contributed by atoms with van der Waals surface area (Å²) in [6, 6.07) is 0. The van der Waals surface area contributed by atoms with Gasteiger partial charge >= 0.3 is 11.8 Å². The Morgan fingerprint density at radius 1 is 1.36 bits per heavy atom. The van der Waals surface area contributed by atoms with E-state index in [-0.39, 0.29) is 11.8 Å². The Kier molecular flexibility index (Phi) is 8.01. The molecule has 3 N–H and O–H groups in total. The number of nitrogens with two attached hydrogens (primary N) is 1. The van der Waals surface area contributed by atoms with Gasteiger partial charge in [-0.3, -0.25) is 9.59 Å². The van der Waals surface area contributed by atoms with Gasteiger partial charge in [-0.1, -0.05) is 16.9 Å². The zero-order valence-electron chi connectivity index (χ0n) is 14.5.